The minimum Gasteiger partial charge on any atom is -0.271 e. The third kappa shape index (κ3) is 2.83. The highest BCUT2D eigenvalue weighted by atomic mass is 19.1. The van der Waals surface area contributed by atoms with E-state index in [9.17, 15) is 4.39 Å². The van der Waals surface area contributed by atoms with Gasteiger partial charge >= 0.3 is 0 Å². The Morgan fingerprint density at radius 2 is 2.12 bits per heavy atom. The van der Waals surface area contributed by atoms with Crippen molar-refractivity contribution in [3.05, 3.63) is 41.5 Å². The fraction of sp³-hybridized carbons (Fsp3) is 0.300. The second-order valence-corrected chi connectivity index (χ2v) is 3.67. The molecule has 0 spiro atoms. The molecule has 2 aromatic rings. The van der Waals surface area contributed by atoms with E-state index in [0.29, 0.717) is 12.2 Å². The summed E-state index contributed by atoms with van der Waals surface area (Å²) in [5.41, 5.74) is 3.53. The number of hydrazine groups is 1. The fourth-order valence-corrected chi connectivity index (χ4v) is 1.56. The van der Waals surface area contributed by atoms with Crippen LogP contribution in [0.5, 0.6) is 0 Å². The molecule has 6 nitrogen and oxygen atoms in total. The summed E-state index contributed by atoms with van der Waals surface area (Å²) in [7, 11) is 1.69. The standard InChI is InChI=1S/C10H13FN6/c1-17-15-10(14-16-17)6-9(13-12)7-2-4-8(11)5-3-7/h2-5,9,13H,6,12H2,1H3. The smallest absolute Gasteiger partial charge is 0.176 e. The zero-order chi connectivity index (χ0) is 12.3. The first-order chi connectivity index (χ1) is 8.19. The number of nitrogens with zero attached hydrogens (tertiary/aromatic N) is 4. The molecule has 17 heavy (non-hydrogen) atoms. The Morgan fingerprint density at radius 1 is 1.41 bits per heavy atom. The summed E-state index contributed by atoms with van der Waals surface area (Å²) < 4.78 is 12.8. The molecule has 0 saturated carbocycles. The second-order valence-electron chi connectivity index (χ2n) is 3.67. The molecule has 0 bridgehead atoms. The zero-order valence-corrected chi connectivity index (χ0v) is 9.34. The van der Waals surface area contributed by atoms with Gasteiger partial charge in [0.2, 0.25) is 0 Å². The molecule has 1 atom stereocenters. The maximum atomic E-state index is 12.8. The van der Waals surface area contributed by atoms with Crippen molar-refractivity contribution >= 4 is 0 Å². The van der Waals surface area contributed by atoms with Crippen molar-refractivity contribution < 1.29 is 4.39 Å². The summed E-state index contributed by atoms with van der Waals surface area (Å²) >= 11 is 0. The van der Waals surface area contributed by atoms with Crippen LogP contribution in [-0.2, 0) is 13.5 Å². The molecule has 90 valence electrons. The molecule has 1 aromatic carbocycles. The summed E-state index contributed by atoms with van der Waals surface area (Å²) in [6.07, 6.45) is 0.496. The van der Waals surface area contributed by atoms with E-state index in [4.69, 9.17) is 5.84 Å². The third-order valence-electron chi connectivity index (χ3n) is 2.41. The number of aryl methyl sites for hydroxylation is 1. The number of hydrogen-bond donors (Lipinski definition) is 2. The molecule has 0 aliphatic carbocycles. The summed E-state index contributed by atoms with van der Waals surface area (Å²) in [6.45, 7) is 0. The van der Waals surface area contributed by atoms with Crippen molar-refractivity contribution in [3.8, 4) is 0 Å². The molecule has 0 amide bonds. The Labute approximate surface area is 97.6 Å². The molecule has 0 aliphatic rings. The number of nitrogens with one attached hydrogen (secondary N) is 1. The fourth-order valence-electron chi connectivity index (χ4n) is 1.56. The van der Waals surface area contributed by atoms with Gasteiger partial charge in [-0.15, -0.1) is 10.2 Å². The predicted octanol–water partition coefficient (Wildman–Crippen LogP) is 0.0963. The Bertz CT molecular complexity index is 480. The number of rotatable bonds is 4. The Balaban J connectivity index is 2.13. The van der Waals surface area contributed by atoms with Crippen LogP contribution < -0.4 is 11.3 Å². The minimum absolute atomic E-state index is 0.167. The van der Waals surface area contributed by atoms with Gasteiger partial charge in [-0.05, 0) is 22.9 Å². The van der Waals surface area contributed by atoms with Crippen LogP contribution in [0.3, 0.4) is 0 Å². The quantitative estimate of drug-likeness (QED) is 0.581. The number of nitrogens with two attached hydrogens (primary N) is 1. The van der Waals surface area contributed by atoms with Gasteiger partial charge in [-0.1, -0.05) is 12.1 Å². The lowest BCUT2D eigenvalue weighted by Gasteiger charge is -2.13. The van der Waals surface area contributed by atoms with Gasteiger partial charge in [-0.2, -0.15) is 4.80 Å². The molecular weight excluding hydrogens is 223 g/mol. The lowest BCUT2D eigenvalue weighted by Crippen LogP contribution is -2.29. The number of halogens is 1. The summed E-state index contributed by atoms with van der Waals surface area (Å²) in [6, 6.07) is 5.97. The van der Waals surface area contributed by atoms with Crippen molar-refractivity contribution in [2.24, 2.45) is 12.9 Å². The number of benzene rings is 1. The first-order valence-corrected chi connectivity index (χ1v) is 5.13. The Hall–Kier alpha value is -1.86. The highest BCUT2D eigenvalue weighted by Gasteiger charge is 2.13. The largest absolute Gasteiger partial charge is 0.271 e. The van der Waals surface area contributed by atoms with Crippen molar-refractivity contribution in [1.29, 1.82) is 0 Å². The minimum atomic E-state index is -0.276. The number of hydrogen-bond acceptors (Lipinski definition) is 5. The van der Waals surface area contributed by atoms with Gasteiger partial charge in [0.15, 0.2) is 5.82 Å². The molecule has 0 fully saturated rings. The molecular formula is C10H13FN6. The maximum Gasteiger partial charge on any atom is 0.176 e. The van der Waals surface area contributed by atoms with E-state index in [1.807, 2.05) is 0 Å². The molecule has 0 radical (unpaired) electrons. The van der Waals surface area contributed by atoms with E-state index in [0.717, 1.165) is 5.56 Å². The van der Waals surface area contributed by atoms with Crippen LogP contribution in [0.25, 0.3) is 0 Å². The van der Waals surface area contributed by atoms with Crippen molar-refractivity contribution in [3.63, 3.8) is 0 Å². The van der Waals surface area contributed by atoms with Gasteiger partial charge in [-0.3, -0.25) is 11.3 Å². The lowest BCUT2D eigenvalue weighted by molar-refractivity contribution is 0.534. The monoisotopic (exact) mass is 236 g/mol. The average molecular weight is 236 g/mol. The van der Waals surface area contributed by atoms with E-state index in [2.05, 4.69) is 20.8 Å². The molecule has 0 aliphatic heterocycles. The molecule has 1 unspecified atom stereocenters. The van der Waals surface area contributed by atoms with Crippen LogP contribution in [0, 0.1) is 5.82 Å². The van der Waals surface area contributed by atoms with Crippen molar-refractivity contribution in [2.75, 3.05) is 0 Å². The highest BCUT2D eigenvalue weighted by molar-refractivity contribution is 5.20. The van der Waals surface area contributed by atoms with Crippen molar-refractivity contribution in [1.82, 2.24) is 25.6 Å². The van der Waals surface area contributed by atoms with E-state index in [-0.39, 0.29) is 11.9 Å². The molecule has 0 saturated heterocycles. The van der Waals surface area contributed by atoms with E-state index in [1.165, 1.54) is 16.9 Å². The van der Waals surface area contributed by atoms with Gasteiger partial charge in [0.1, 0.15) is 5.82 Å². The van der Waals surface area contributed by atoms with Crippen molar-refractivity contribution in [2.45, 2.75) is 12.5 Å². The normalized spacial score (nSPS) is 12.6. The molecule has 1 heterocycles. The topological polar surface area (TPSA) is 81.7 Å². The molecule has 2 rings (SSSR count). The van der Waals surface area contributed by atoms with Gasteiger partial charge in [0.05, 0.1) is 13.1 Å². The average Bonchev–Trinajstić information content (AvgIpc) is 2.73. The third-order valence-corrected chi connectivity index (χ3v) is 2.41. The highest BCUT2D eigenvalue weighted by Crippen LogP contribution is 2.15. The van der Waals surface area contributed by atoms with Crippen LogP contribution in [0.2, 0.25) is 0 Å². The van der Waals surface area contributed by atoms with Gasteiger partial charge in [0, 0.05) is 6.42 Å². The van der Waals surface area contributed by atoms with Crippen LogP contribution in [0.1, 0.15) is 17.4 Å². The van der Waals surface area contributed by atoms with Crippen LogP contribution >= 0.6 is 0 Å². The van der Waals surface area contributed by atoms with Crippen LogP contribution in [0.15, 0.2) is 24.3 Å². The summed E-state index contributed by atoms with van der Waals surface area (Å²) in [5, 5.41) is 11.7. The second kappa shape index (κ2) is 4.98. The van der Waals surface area contributed by atoms with E-state index >= 15 is 0 Å². The van der Waals surface area contributed by atoms with E-state index in [1.54, 1.807) is 19.2 Å². The lowest BCUT2D eigenvalue weighted by atomic mass is 10.0. The number of aromatic nitrogens is 4. The first kappa shape index (κ1) is 11.6. The summed E-state index contributed by atoms with van der Waals surface area (Å²) in [5.74, 6) is 5.78. The van der Waals surface area contributed by atoms with Gasteiger partial charge < -0.3 is 0 Å². The van der Waals surface area contributed by atoms with Crippen LogP contribution in [0.4, 0.5) is 4.39 Å². The SMILES string of the molecule is Cn1nnc(CC(NN)c2ccc(F)cc2)n1. The Morgan fingerprint density at radius 3 is 2.65 bits per heavy atom. The Kier molecular flexibility index (Phi) is 3.40. The van der Waals surface area contributed by atoms with Gasteiger partial charge in [0.25, 0.3) is 0 Å². The first-order valence-electron chi connectivity index (χ1n) is 5.13. The predicted molar refractivity (Wildman–Crippen MR) is 59.0 cm³/mol. The number of tetrazole rings is 1. The molecule has 1 aromatic heterocycles. The molecule has 3 N–H and O–H groups in total. The van der Waals surface area contributed by atoms with E-state index < -0.39 is 0 Å². The maximum absolute atomic E-state index is 12.8. The summed E-state index contributed by atoms with van der Waals surface area (Å²) in [4.78, 5) is 1.38. The zero-order valence-electron chi connectivity index (χ0n) is 9.34. The van der Waals surface area contributed by atoms with Crippen LogP contribution in [-0.4, -0.2) is 20.2 Å². The van der Waals surface area contributed by atoms with Gasteiger partial charge in [-0.25, -0.2) is 4.39 Å². The molecule has 7 heteroatoms.